The second-order valence-corrected chi connectivity index (χ2v) is 5.68. The third kappa shape index (κ3) is 7.14. The lowest BCUT2D eigenvalue weighted by Gasteiger charge is -2.19. The topological polar surface area (TPSA) is 70.4 Å². The highest BCUT2D eigenvalue weighted by Gasteiger charge is 2.04. The molecule has 0 bridgehead atoms. The molecule has 0 saturated heterocycles. The molecule has 2 rings (SSSR count). The first kappa shape index (κ1) is 22.1. The summed E-state index contributed by atoms with van der Waals surface area (Å²) in [4.78, 5) is 10.7. The lowest BCUT2D eigenvalue weighted by molar-refractivity contribution is 0.626. The first-order valence-electron chi connectivity index (χ1n) is 8.42. The second-order valence-electron chi connectivity index (χ2n) is 5.68. The van der Waals surface area contributed by atoms with Crippen molar-refractivity contribution in [2.45, 2.75) is 19.9 Å². The number of hydrogen-bond donors (Lipinski definition) is 2. The molecule has 0 spiro atoms. The Hall–Kier alpha value is -1.91. The predicted octanol–water partition coefficient (Wildman–Crippen LogP) is 2.15. The van der Waals surface area contributed by atoms with Crippen molar-refractivity contribution in [2.24, 2.45) is 12.0 Å². The first-order valence-corrected chi connectivity index (χ1v) is 8.42. The van der Waals surface area contributed by atoms with Crippen LogP contribution in [0.25, 0.3) is 0 Å². The Kier molecular flexibility index (Phi) is 9.92. The van der Waals surface area contributed by atoms with E-state index < -0.39 is 0 Å². The maximum absolute atomic E-state index is 13.3. The summed E-state index contributed by atoms with van der Waals surface area (Å²) in [7, 11) is 3.81. The Bertz CT molecular complexity index is 689. The minimum atomic E-state index is -0.215. The van der Waals surface area contributed by atoms with Gasteiger partial charge in [0, 0.05) is 39.4 Å². The Labute approximate surface area is 171 Å². The minimum Gasteiger partial charge on any atom is -0.374 e. The van der Waals surface area contributed by atoms with Gasteiger partial charge in [0.05, 0.1) is 0 Å². The molecule has 2 N–H and O–H groups in total. The highest BCUT2D eigenvalue weighted by molar-refractivity contribution is 14.0. The molecule has 7 nitrogen and oxygen atoms in total. The summed E-state index contributed by atoms with van der Waals surface area (Å²) in [5, 5.41) is 10.5. The van der Waals surface area contributed by atoms with Crippen LogP contribution in [0, 0.1) is 5.82 Å². The Morgan fingerprint density at radius 3 is 2.81 bits per heavy atom. The molecule has 2 aromatic rings. The summed E-state index contributed by atoms with van der Waals surface area (Å²) in [6.07, 6.45) is 2.43. The fourth-order valence-corrected chi connectivity index (χ4v) is 2.32. The number of benzene rings is 1. The zero-order chi connectivity index (χ0) is 18.1. The number of nitrogens with zero attached hydrogens (tertiary/aromatic N) is 5. The van der Waals surface area contributed by atoms with Crippen LogP contribution in [-0.4, -0.2) is 47.4 Å². The average molecular weight is 475 g/mol. The van der Waals surface area contributed by atoms with Crippen LogP contribution in [0.2, 0.25) is 0 Å². The molecule has 9 heteroatoms. The van der Waals surface area contributed by atoms with E-state index in [1.165, 1.54) is 12.4 Å². The summed E-state index contributed by atoms with van der Waals surface area (Å²) in [5.41, 5.74) is 0.878. The van der Waals surface area contributed by atoms with Gasteiger partial charge in [0.1, 0.15) is 24.5 Å². The fraction of sp³-hybridized carbons (Fsp3) is 0.471. The number of rotatable bonds is 8. The van der Waals surface area contributed by atoms with Crippen LogP contribution in [0.5, 0.6) is 0 Å². The lowest BCUT2D eigenvalue weighted by atomic mass is 10.2. The van der Waals surface area contributed by atoms with Gasteiger partial charge in [-0.1, -0.05) is 6.07 Å². The molecule has 0 aliphatic heterocycles. The highest BCUT2D eigenvalue weighted by atomic mass is 127. The molecule has 0 unspecified atom stereocenters. The largest absolute Gasteiger partial charge is 0.374 e. The van der Waals surface area contributed by atoms with Crippen LogP contribution in [-0.2, 0) is 13.6 Å². The van der Waals surface area contributed by atoms with Gasteiger partial charge < -0.3 is 15.5 Å². The molecule has 1 aromatic carbocycles. The Morgan fingerprint density at radius 2 is 2.15 bits per heavy atom. The van der Waals surface area contributed by atoms with Crippen molar-refractivity contribution in [1.29, 1.82) is 0 Å². The summed E-state index contributed by atoms with van der Waals surface area (Å²) in [6.45, 7) is 4.86. The first-order chi connectivity index (χ1) is 12.1. The number of aliphatic imine (C=N–C) groups is 1. The number of guanidine groups is 1. The average Bonchev–Trinajstić information content (AvgIpc) is 3.01. The molecular formula is C17H27FIN7. The van der Waals surface area contributed by atoms with E-state index in [1.807, 2.05) is 32.0 Å². The van der Waals surface area contributed by atoms with E-state index in [0.717, 1.165) is 43.5 Å². The quantitative estimate of drug-likeness (QED) is 0.265. The van der Waals surface area contributed by atoms with Gasteiger partial charge in [0.25, 0.3) is 0 Å². The summed E-state index contributed by atoms with van der Waals surface area (Å²) < 4.78 is 15.0. The van der Waals surface area contributed by atoms with Crippen molar-refractivity contribution in [2.75, 3.05) is 31.6 Å². The van der Waals surface area contributed by atoms with Gasteiger partial charge >= 0.3 is 0 Å². The fourth-order valence-electron chi connectivity index (χ4n) is 2.32. The van der Waals surface area contributed by atoms with E-state index in [9.17, 15) is 4.39 Å². The normalized spacial score (nSPS) is 11.0. The minimum absolute atomic E-state index is 0. The number of aryl methyl sites for hydroxylation is 1. The maximum Gasteiger partial charge on any atom is 0.191 e. The predicted molar refractivity (Wildman–Crippen MR) is 114 cm³/mol. The smallest absolute Gasteiger partial charge is 0.191 e. The Morgan fingerprint density at radius 1 is 1.35 bits per heavy atom. The molecule has 0 atom stereocenters. The zero-order valence-corrected chi connectivity index (χ0v) is 17.8. The lowest BCUT2D eigenvalue weighted by Crippen LogP contribution is -2.38. The van der Waals surface area contributed by atoms with Crippen LogP contribution in [0.15, 0.2) is 35.6 Å². The van der Waals surface area contributed by atoms with Crippen molar-refractivity contribution in [3.8, 4) is 0 Å². The number of nitrogens with one attached hydrogen (secondary N) is 2. The molecule has 26 heavy (non-hydrogen) atoms. The molecule has 0 amide bonds. The molecule has 0 aliphatic carbocycles. The number of halogens is 2. The summed E-state index contributed by atoms with van der Waals surface area (Å²) >= 11 is 0. The molecule has 144 valence electrons. The van der Waals surface area contributed by atoms with Gasteiger partial charge in [-0.05, 0) is 31.5 Å². The van der Waals surface area contributed by atoms with Gasteiger partial charge in [0.2, 0.25) is 0 Å². The monoisotopic (exact) mass is 475 g/mol. The SMILES string of the molecule is CCNC(=NCc1ncnn1C)NCCCN(C)c1cccc(F)c1.I. The number of aromatic nitrogens is 3. The van der Waals surface area contributed by atoms with Crippen molar-refractivity contribution >= 4 is 35.6 Å². The number of anilines is 1. The molecule has 1 heterocycles. The van der Waals surface area contributed by atoms with Crippen molar-refractivity contribution in [1.82, 2.24) is 25.4 Å². The molecule has 0 saturated carbocycles. The van der Waals surface area contributed by atoms with Crippen LogP contribution < -0.4 is 15.5 Å². The third-order valence-corrected chi connectivity index (χ3v) is 3.74. The molecule has 0 aliphatic rings. The van der Waals surface area contributed by atoms with Crippen molar-refractivity contribution in [3.05, 3.63) is 42.2 Å². The maximum atomic E-state index is 13.3. The third-order valence-electron chi connectivity index (χ3n) is 3.74. The van der Waals surface area contributed by atoms with Crippen molar-refractivity contribution < 1.29 is 4.39 Å². The summed E-state index contributed by atoms with van der Waals surface area (Å²) in [5.74, 6) is 1.34. The standard InChI is InChI=1S/C17H26FN7.HI/c1-4-19-17(21-12-16-22-13-23-25(16)3)20-9-6-10-24(2)15-8-5-7-14(18)11-15;/h5,7-8,11,13H,4,6,9-10,12H2,1-3H3,(H2,19,20,21);1H. The van der Waals surface area contributed by atoms with Crippen LogP contribution in [0.3, 0.4) is 0 Å². The van der Waals surface area contributed by atoms with E-state index in [-0.39, 0.29) is 29.8 Å². The van der Waals surface area contributed by atoms with E-state index in [0.29, 0.717) is 6.54 Å². The molecular weight excluding hydrogens is 448 g/mol. The van der Waals surface area contributed by atoms with Crippen LogP contribution >= 0.6 is 24.0 Å². The van der Waals surface area contributed by atoms with Crippen LogP contribution in [0.4, 0.5) is 10.1 Å². The van der Waals surface area contributed by atoms with Crippen molar-refractivity contribution in [3.63, 3.8) is 0 Å². The van der Waals surface area contributed by atoms with Gasteiger partial charge in [-0.2, -0.15) is 5.10 Å². The van der Waals surface area contributed by atoms with Crippen LogP contribution in [0.1, 0.15) is 19.2 Å². The highest BCUT2D eigenvalue weighted by Crippen LogP contribution is 2.13. The zero-order valence-electron chi connectivity index (χ0n) is 15.4. The van der Waals surface area contributed by atoms with E-state index in [2.05, 4.69) is 25.7 Å². The van der Waals surface area contributed by atoms with E-state index in [4.69, 9.17) is 0 Å². The Balaban J connectivity index is 0.00000338. The molecule has 1 aromatic heterocycles. The van der Waals surface area contributed by atoms with E-state index >= 15 is 0 Å². The van der Waals surface area contributed by atoms with Gasteiger partial charge in [-0.15, -0.1) is 24.0 Å². The second kappa shape index (κ2) is 11.7. The molecule has 0 radical (unpaired) electrons. The molecule has 0 fully saturated rings. The number of hydrogen-bond acceptors (Lipinski definition) is 4. The van der Waals surface area contributed by atoms with Gasteiger partial charge in [-0.3, -0.25) is 4.68 Å². The van der Waals surface area contributed by atoms with Gasteiger partial charge in [0.15, 0.2) is 5.96 Å². The van der Waals surface area contributed by atoms with E-state index in [1.54, 1.807) is 16.8 Å². The summed E-state index contributed by atoms with van der Waals surface area (Å²) in [6, 6.07) is 6.62. The van der Waals surface area contributed by atoms with Gasteiger partial charge in [-0.25, -0.2) is 14.4 Å².